The molecule has 192 valence electrons. The van der Waals surface area contributed by atoms with Crippen LogP contribution in [0.1, 0.15) is 44.9 Å². The molecule has 4 aliphatic carbocycles. The van der Waals surface area contributed by atoms with E-state index < -0.39 is 6.10 Å². The van der Waals surface area contributed by atoms with Crippen molar-refractivity contribution in [1.29, 1.82) is 0 Å². The van der Waals surface area contributed by atoms with Gasteiger partial charge in [0.1, 0.15) is 0 Å². The molecule has 0 amide bonds. The standard InChI is InChI=1S/C26H38N2O4.2ClH/c29-23(17-30-8-3-26-13-19-9-20(14-26)11-21(10-19)15-26)16-27-4-6-28(7-5-27)22-1-2-24-25(12-22)32-18-31-24;;/h1-2,12,19-21,23,29H,3-11,13-18H2;2*1H/p-2. The van der Waals surface area contributed by atoms with E-state index in [4.69, 9.17) is 14.2 Å². The molecule has 1 saturated heterocycles. The molecule has 1 aromatic carbocycles. The summed E-state index contributed by atoms with van der Waals surface area (Å²) in [6.07, 6.45) is 9.64. The Morgan fingerprint density at radius 1 is 0.941 bits per heavy atom. The van der Waals surface area contributed by atoms with Gasteiger partial charge in [-0.3, -0.25) is 4.90 Å². The Balaban J connectivity index is 0.00000137. The average molecular weight is 514 g/mol. The quantitative estimate of drug-likeness (QED) is 0.389. The van der Waals surface area contributed by atoms with E-state index in [1.807, 2.05) is 6.07 Å². The summed E-state index contributed by atoms with van der Waals surface area (Å²) in [4.78, 5) is 4.74. The van der Waals surface area contributed by atoms with Crippen molar-refractivity contribution in [3.8, 4) is 11.5 Å². The van der Waals surface area contributed by atoms with Crippen molar-refractivity contribution in [2.45, 2.75) is 51.0 Å². The highest BCUT2D eigenvalue weighted by atomic mass is 35.5. The highest BCUT2D eigenvalue weighted by Crippen LogP contribution is 2.61. The lowest BCUT2D eigenvalue weighted by Gasteiger charge is -2.57. The number of rotatable bonds is 8. The second-order valence-electron chi connectivity index (χ2n) is 11.2. The van der Waals surface area contributed by atoms with Gasteiger partial charge in [-0.05, 0) is 80.2 Å². The summed E-state index contributed by atoms with van der Waals surface area (Å²) in [5.74, 6) is 4.68. The first-order valence-electron chi connectivity index (χ1n) is 12.8. The van der Waals surface area contributed by atoms with Crippen LogP contribution in [-0.2, 0) is 4.74 Å². The number of hydrogen-bond donors (Lipinski definition) is 1. The van der Waals surface area contributed by atoms with Gasteiger partial charge in [0.15, 0.2) is 11.5 Å². The Kier molecular flexibility index (Phi) is 8.46. The largest absolute Gasteiger partial charge is 1.00 e. The SMILES string of the molecule is OC(COCCC12CC3CC(CC(C3)C1)C2)CN1CCN(c2ccc3c(c2)OCO3)CC1.[Cl-].[Cl-]. The molecule has 1 unspecified atom stereocenters. The van der Waals surface area contributed by atoms with Gasteiger partial charge in [0, 0.05) is 51.1 Å². The molecule has 2 aliphatic heterocycles. The molecule has 7 rings (SSSR count). The van der Waals surface area contributed by atoms with Gasteiger partial charge >= 0.3 is 0 Å². The van der Waals surface area contributed by atoms with Gasteiger partial charge in [-0.15, -0.1) is 0 Å². The summed E-state index contributed by atoms with van der Waals surface area (Å²) in [5, 5.41) is 10.5. The lowest BCUT2D eigenvalue weighted by molar-refractivity contribution is -0.0741. The lowest BCUT2D eigenvalue weighted by Crippen LogP contribution is -3.00. The van der Waals surface area contributed by atoms with Crippen LogP contribution in [0.2, 0.25) is 0 Å². The van der Waals surface area contributed by atoms with E-state index in [2.05, 4.69) is 21.9 Å². The Hall–Kier alpha value is -0.920. The number of β-amino-alcohol motifs (C(OH)–C–C–N with tert-alkyl or cyclic N) is 1. The minimum Gasteiger partial charge on any atom is -1.00 e. The van der Waals surface area contributed by atoms with Crippen molar-refractivity contribution in [2.75, 3.05) is 57.6 Å². The van der Waals surface area contributed by atoms with Crippen LogP contribution in [0.25, 0.3) is 0 Å². The van der Waals surface area contributed by atoms with Gasteiger partial charge in [-0.2, -0.15) is 0 Å². The molecule has 4 bridgehead atoms. The van der Waals surface area contributed by atoms with Crippen LogP contribution in [0.4, 0.5) is 5.69 Å². The Labute approximate surface area is 216 Å². The molecule has 6 aliphatic rings. The van der Waals surface area contributed by atoms with Crippen molar-refractivity contribution >= 4 is 5.69 Å². The number of hydrogen-bond acceptors (Lipinski definition) is 6. The van der Waals surface area contributed by atoms with Crippen LogP contribution in [0.3, 0.4) is 0 Å². The topological polar surface area (TPSA) is 54.4 Å². The number of fused-ring (bicyclic) bond motifs is 1. The summed E-state index contributed by atoms with van der Waals surface area (Å²) >= 11 is 0. The van der Waals surface area contributed by atoms with Gasteiger partial charge < -0.3 is 49.0 Å². The zero-order valence-corrected chi connectivity index (χ0v) is 21.5. The minimum atomic E-state index is -0.400. The second kappa shape index (κ2) is 11.0. The number of halogens is 2. The summed E-state index contributed by atoms with van der Waals surface area (Å²) in [6.45, 7) is 6.13. The number of benzene rings is 1. The van der Waals surface area contributed by atoms with E-state index in [-0.39, 0.29) is 24.8 Å². The number of ether oxygens (including phenoxy) is 3. The number of nitrogens with zero attached hydrogens (tertiary/aromatic N) is 2. The van der Waals surface area contributed by atoms with Crippen LogP contribution in [0.15, 0.2) is 18.2 Å². The lowest BCUT2D eigenvalue weighted by atomic mass is 9.49. The fourth-order valence-corrected chi connectivity index (χ4v) is 7.73. The molecule has 8 heteroatoms. The zero-order chi connectivity index (χ0) is 21.5. The van der Waals surface area contributed by atoms with Crippen molar-refractivity contribution < 1.29 is 44.1 Å². The van der Waals surface area contributed by atoms with E-state index in [1.54, 1.807) is 0 Å². The molecule has 4 saturated carbocycles. The molecule has 0 aromatic heterocycles. The van der Waals surface area contributed by atoms with Crippen LogP contribution >= 0.6 is 0 Å². The smallest absolute Gasteiger partial charge is 0.231 e. The molecular weight excluding hydrogens is 475 g/mol. The molecule has 5 fully saturated rings. The molecule has 1 aromatic rings. The van der Waals surface area contributed by atoms with Gasteiger partial charge in [0.25, 0.3) is 0 Å². The molecule has 1 atom stereocenters. The first-order chi connectivity index (χ1) is 15.6. The molecule has 6 nitrogen and oxygen atoms in total. The van der Waals surface area contributed by atoms with Crippen LogP contribution in [-0.4, -0.2) is 68.8 Å². The monoisotopic (exact) mass is 512 g/mol. The van der Waals surface area contributed by atoms with Crippen LogP contribution in [0.5, 0.6) is 11.5 Å². The number of piperazine rings is 1. The zero-order valence-electron chi connectivity index (χ0n) is 20.0. The van der Waals surface area contributed by atoms with E-state index in [9.17, 15) is 5.11 Å². The Bertz CT molecular complexity index is 783. The summed E-state index contributed by atoms with van der Waals surface area (Å²) in [7, 11) is 0. The molecular formula is C26H38Cl2N2O4-2. The average Bonchev–Trinajstić information content (AvgIpc) is 3.24. The van der Waals surface area contributed by atoms with Gasteiger partial charge in [-0.1, -0.05) is 0 Å². The molecule has 34 heavy (non-hydrogen) atoms. The predicted octanol–water partition coefficient (Wildman–Crippen LogP) is -2.47. The summed E-state index contributed by atoms with van der Waals surface area (Å²) in [5.41, 5.74) is 1.76. The third-order valence-electron chi connectivity index (χ3n) is 8.81. The molecule has 0 spiro atoms. The molecule has 0 radical (unpaired) electrons. The normalized spacial score (nSPS) is 32.3. The molecule has 1 N–H and O–H groups in total. The highest BCUT2D eigenvalue weighted by molar-refractivity contribution is 5.57. The first-order valence-corrected chi connectivity index (χ1v) is 12.8. The summed E-state index contributed by atoms with van der Waals surface area (Å²) in [6, 6.07) is 6.18. The maximum atomic E-state index is 10.5. The first kappa shape index (κ1) is 26.2. The minimum absolute atomic E-state index is 0. The van der Waals surface area contributed by atoms with E-state index in [0.717, 1.165) is 62.0 Å². The fourth-order valence-electron chi connectivity index (χ4n) is 7.73. The van der Waals surface area contributed by atoms with Gasteiger partial charge in [0.05, 0.1) is 12.7 Å². The van der Waals surface area contributed by atoms with Gasteiger partial charge in [0.2, 0.25) is 6.79 Å². The second-order valence-corrected chi connectivity index (χ2v) is 11.2. The predicted molar refractivity (Wildman–Crippen MR) is 123 cm³/mol. The van der Waals surface area contributed by atoms with Crippen molar-refractivity contribution in [3.63, 3.8) is 0 Å². The van der Waals surface area contributed by atoms with Crippen LogP contribution < -0.4 is 39.2 Å². The Morgan fingerprint density at radius 2 is 1.59 bits per heavy atom. The Morgan fingerprint density at radius 3 is 2.26 bits per heavy atom. The number of aliphatic hydroxyl groups is 1. The fraction of sp³-hybridized carbons (Fsp3) is 0.769. The molecule has 2 heterocycles. The van der Waals surface area contributed by atoms with Crippen molar-refractivity contribution in [2.24, 2.45) is 23.2 Å². The van der Waals surface area contributed by atoms with Crippen molar-refractivity contribution in [3.05, 3.63) is 18.2 Å². The van der Waals surface area contributed by atoms with E-state index >= 15 is 0 Å². The van der Waals surface area contributed by atoms with Crippen molar-refractivity contribution in [1.82, 2.24) is 4.90 Å². The number of anilines is 1. The third-order valence-corrected chi connectivity index (χ3v) is 8.81. The summed E-state index contributed by atoms with van der Waals surface area (Å²) < 4.78 is 16.9. The highest BCUT2D eigenvalue weighted by Gasteiger charge is 2.50. The van der Waals surface area contributed by atoms with Gasteiger partial charge in [-0.25, -0.2) is 0 Å². The van der Waals surface area contributed by atoms with E-state index in [1.165, 1.54) is 50.6 Å². The number of aliphatic hydroxyl groups excluding tert-OH is 1. The van der Waals surface area contributed by atoms with Crippen LogP contribution in [0, 0.1) is 23.2 Å². The maximum Gasteiger partial charge on any atom is 0.231 e. The maximum absolute atomic E-state index is 10.5. The third kappa shape index (κ3) is 5.57. The van der Waals surface area contributed by atoms with E-state index in [0.29, 0.717) is 25.4 Å².